The van der Waals surface area contributed by atoms with Gasteiger partial charge in [0.1, 0.15) is 6.04 Å². The zero-order chi connectivity index (χ0) is 13.8. The first-order chi connectivity index (χ1) is 9.19. The van der Waals surface area contributed by atoms with Crippen molar-refractivity contribution in [3.05, 3.63) is 22.7 Å². The third kappa shape index (κ3) is 2.62. The van der Waals surface area contributed by atoms with E-state index in [1.807, 2.05) is 6.92 Å². The fourth-order valence-corrected chi connectivity index (χ4v) is 2.45. The maximum Gasteiger partial charge on any atom is 0.328 e. The van der Waals surface area contributed by atoms with Crippen molar-refractivity contribution in [3.8, 4) is 0 Å². The molecular weight excluding hydrogens is 246 g/mol. The van der Waals surface area contributed by atoms with E-state index in [2.05, 4.69) is 4.98 Å². The number of rotatable bonds is 4. The largest absolute Gasteiger partial charge is 0.467 e. The molecule has 1 atom stereocenters. The number of esters is 1. The van der Waals surface area contributed by atoms with E-state index in [0.29, 0.717) is 25.3 Å². The summed E-state index contributed by atoms with van der Waals surface area (Å²) in [6, 6.07) is -0.386. The summed E-state index contributed by atoms with van der Waals surface area (Å²) in [4.78, 5) is 29.9. The molecule has 0 radical (unpaired) electrons. The Morgan fingerprint density at radius 1 is 1.58 bits per heavy atom. The molecule has 1 aromatic heterocycles. The number of anilines is 1. The van der Waals surface area contributed by atoms with Crippen molar-refractivity contribution in [2.45, 2.75) is 38.8 Å². The van der Waals surface area contributed by atoms with Gasteiger partial charge in [-0.25, -0.2) is 9.78 Å². The van der Waals surface area contributed by atoms with Gasteiger partial charge in [0.05, 0.1) is 7.11 Å². The third-order valence-corrected chi connectivity index (χ3v) is 3.36. The highest BCUT2D eigenvalue weighted by molar-refractivity contribution is 5.80. The van der Waals surface area contributed by atoms with Gasteiger partial charge in [-0.2, -0.15) is 0 Å². The van der Waals surface area contributed by atoms with Gasteiger partial charge in [0, 0.05) is 25.5 Å². The average molecular weight is 265 g/mol. The first-order valence-corrected chi connectivity index (χ1v) is 6.59. The summed E-state index contributed by atoms with van der Waals surface area (Å²) in [6.07, 6.45) is 5.74. The van der Waals surface area contributed by atoms with Gasteiger partial charge < -0.3 is 14.2 Å². The molecular formula is C13H19N3O3. The van der Waals surface area contributed by atoms with Crippen LogP contribution < -0.4 is 10.5 Å². The molecule has 0 aromatic carbocycles. The Morgan fingerprint density at radius 3 is 3.05 bits per heavy atom. The van der Waals surface area contributed by atoms with Crippen LogP contribution in [0.3, 0.4) is 0 Å². The number of carbonyl (C=O) groups is 1. The van der Waals surface area contributed by atoms with Crippen LogP contribution in [0.4, 0.5) is 5.82 Å². The number of nitrogens with zero attached hydrogens (tertiary/aromatic N) is 3. The van der Waals surface area contributed by atoms with Crippen LogP contribution in [0, 0.1) is 0 Å². The lowest BCUT2D eigenvalue weighted by molar-refractivity contribution is -0.141. The minimum atomic E-state index is -0.386. The lowest BCUT2D eigenvalue weighted by Crippen LogP contribution is -2.41. The van der Waals surface area contributed by atoms with Crippen molar-refractivity contribution in [2.24, 2.45) is 0 Å². The van der Waals surface area contributed by atoms with Crippen LogP contribution in [0.2, 0.25) is 0 Å². The van der Waals surface area contributed by atoms with Crippen molar-refractivity contribution < 1.29 is 9.53 Å². The summed E-state index contributed by atoms with van der Waals surface area (Å²) in [5.41, 5.74) is -0.139. The average Bonchev–Trinajstić information content (AvgIpc) is 2.89. The molecule has 0 saturated carbocycles. The van der Waals surface area contributed by atoms with Crippen LogP contribution in [0.15, 0.2) is 17.2 Å². The summed E-state index contributed by atoms with van der Waals surface area (Å²) >= 11 is 0. The van der Waals surface area contributed by atoms with Crippen molar-refractivity contribution in [3.63, 3.8) is 0 Å². The topological polar surface area (TPSA) is 64.4 Å². The van der Waals surface area contributed by atoms with Gasteiger partial charge >= 0.3 is 5.97 Å². The van der Waals surface area contributed by atoms with Crippen molar-refractivity contribution in [1.82, 2.24) is 9.55 Å². The molecule has 6 nitrogen and oxygen atoms in total. The fraction of sp³-hybridized carbons (Fsp3) is 0.615. The Hall–Kier alpha value is -1.85. The van der Waals surface area contributed by atoms with Crippen LogP contribution >= 0.6 is 0 Å². The number of ether oxygens (including phenoxy) is 1. The Bertz CT molecular complexity index is 512. The molecule has 1 unspecified atom stereocenters. The van der Waals surface area contributed by atoms with Gasteiger partial charge in [0.15, 0.2) is 5.82 Å². The second-order valence-electron chi connectivity index (χ2n) is 4.62. The number of hydrogen-bond donors (Lipinski definition) is 0. The van der Waals surface area contributed by atoms with E-state index in [9.17, 15) is 9.59 Å². The number of aryl methyl sites for hydroxylation is 1. The highest BCUT2D eigenvalue weighted by atomic mass is 16.5. The molecule has 0 spiro atoms. The summed E-state index contributed by atoms with van der Waals surface area (Å²) in [5, 5.41) is 0. The van der Waals surface area contributed by atoms with Gasteiger partial charge in [-0.3, -0.25) is 4.79 Å². The predicted molar refractivity (Wildman–Crippen MR) is 71.2 cm³/mol. The minimum absolute atomic E-state index is 0.139. The standard InChI is InChI=1S/C13H19N3O3/c1-3-7-15-9-6-14-11(12(15)17)16-8-4-5-10(16)13(18)19-2/h6,9-10H,3-5,7-8H2,1-2H3. The van der Waals surface area contributed by atoms with E-state index in [1.54, 1.807) is 21.9 Å². The van der Waals surface area contributed by atoms with Gasteiger partial charge in [-0.15, -0.1) is 0 Å². The van der Waals surface area contributed by atoms with Crippen LogP contribution in [0.5, 0.6) is 0 Å². The molecule has 0 N–H and O–H groups in total. The van der Waals surface area contributed by atoms with Gasteiger partial charge in [-0.05, 0) is 19.3 Å². The van der Waals surface area contributed by atoms with Gasteiger partial charge in [0.25, 0.3) is 5.56 Å². The Labute approximate surface area is 112 Å². The molecule has 0 bridgehead atoms. The first kappa shape index (κ1) is 13.6. The maximum atomic E-state index is 12.3. The zero-order valence-corrected chi connectivity index (χ0v) is 11.3. The SMILES string of the molecule is CCCn1ccnc(N2CCCC2C(=O)OC)c1=O. The zero-order valence-electron chi connectivity index (χ0n) is 11.3. The predicted octanol–water partition coefficient (Wildman–Crippen LogP) is 0.795. The monoisotopic (exact) mass is 265 g/mol. The van der Waals surface area contributed by atoms with Crippen LogP contribution in [0.25, 0.3) is 0 Å². The van der Waals surface area contributed by atoms with Crippen molar-refractivity contribution >= 4 is 11.8 Å². The van der Waals surface area contributed by atoms with Crippen LogP contribution in [-0.4, -0.2) is 35.2 Å². The molecule has 104 valence electrons. The molecule has 6 heteroatoms. The molecule has 0 aliphatic carbocycles. The number of methoxy groups -OCH3 is 1. The molecule has 19 heavy (non-hydrogen) atoms. The van der Waals surface area contributed by atoms with E-state index < -0.39 is 0 Å². The smallest absolute Gasteiger partial charge is 0.328 e. The van der Waals surface area contributed by atoms with Crippen molar-refractivity contribution in [1.29, 1.82) is 0 Å². The highest BCUT2D eigenvalue weighted by Crippen LogP contribution is 2.21. The van der Waals surface area contributed by atoms with E-state index in [1.165, 1.54) is 7.11 Å². The molecule has 2 heterocycles. The van der Waals surface area contributed by atoms with Crippen LogP contribution in [0.1, 0.15) is 26.2 Å². The lowest BCUT2D eigenvalue weighted by atomic mass is 10.2. The van der Waals surface area contributed by atoms with Crippen molar-refractivity contribution in [2.75, 3.05) is 18.6 Å². The van der Waals surface area contributed by atoms with E-state index in [0.717, 1.165) is 12.8 Å². The Morgan fingerprint density at radius 2 is 2.37 bits per heavy atom. The molecule has 1 saturated heterocycles. The number of aromatic nitrogens is 2. The molecule has 1 aliphatic rings. The molecule has 1 aliphatic heterocycles. The van der Waals surface area contributed by atoms with Gasteiger partial charge in [-0.1, -0.05) is 6.92 Å². The minimum Gasteiger partial charge on any atom is -0.467 e. The van der Waals surface area contributed by atoms with E-state index in [4.69, 9.17) is 4.74 Å². The number of hydrogen-bond acceptors (Lipinski definition) is 5. The normalized spacial score (nSPS) is 18.6. The summed E-state index contributed by atoms with van der Waals surface area (Å²) in [7, 11) is 1.37. The fourth-order valence-electron chi connectivity index (χ4n) is 2.45. The molecule has 0 amide bonds. The second kappa shape index (κ2) is 5.86. The quantitative estimate of drug-likeness (QED) is 0.753. The number of carbonyl (C=O) groups excluding carboxylic acids is 1. The highest BCUT2D eigenvalue weighted by Gasteiger charge is 2.33. The molecule has 2 rings (SSSR count). The van der Waals surface area contributed by atoms with Crippen LogP contribution in [-0.2, 0) is 16.1 Å². The Kier molecular flexibility index (Phi) is 4.19. The second-order valence-corrected chi connectivity index (χ2v) is 4.62. The summed E-state index contributed by atoms with van der Waals surface area (Å²) in [5.74, 6) is 0.0495. The first-order valence-electron chi connectivity index (χ1n) is 6.59. The maximum absolute atomic E-state index is 12.3. The summed E-state index contributed by atoms with van der Waals surface area (Å²) in [6.45, 7) is 3.34. The van der Waals surface area contributed by atoms with Gasteiger partial charge in [0.2, 0.25) is 0 Å². The molecule has 1 fully saturated rings. The third-order valence-electron chi connectivity index (χ3n) is 3.36. The van der Waals surface area contributed by atoms with E-state index >= 15 is 0 Å². The van der Waals surface area contributed by atoms with E-state index in [-0.39, 0.29) is 17.6 Å². The summed E-state index contributed by atoms with van der Waals surface area (Å²) < 4.78 is 6.42. The lowest BCUT2D eigenvalue weighted by Gasteiger charge is -2.23. The Balaban J connectivity index is 2.33. The molecule has 1 aromatic rings.